The number of hydrogen-bond acceptors (Lipinski definition) is 2. The molecule has 1 amide bonds. The van der Waals surface area contributed by atoms with Crippen molar-refractivity contribution in [2.75, 3.05) is 13.1 Å². The Bertz CT molecular complexity index is 363. The van der Waals surface area contributed by atoms with Gasteiger partial charge in [0.05, 0.1) is 5.92 Å². The predicted molar refractivity (Wildman–Crippen MR) is 77.2 cm³/mol. The average molecular weight is 281 g/mol. The number of likely N-dealkylation sites (tertiary alicyclic amines) is 1. The van der Waals surface area contributed by atoms with E-state index >= 15 is 0 Å². The van der Waals surface area contributed by atoms with Gasteiger partial charge < -0.3 is 10.0 Å². The summed E-state index contributed by atoms with van der Waals surface area (Å²) < 4.78 is 0. The van der Waals surface area contributed by atoms with Crippen LogP contribution in [0.5, 0.6) is 0 Å². The lowest BCUT2D eigenvalue weighted by atomic mass is 9.83. The molecular weight excluding hydrogens is 254 g/mol. The second kappa shape index (κ2) is 6.59. The van der Waals surface area contributed by atoms with Crippen molar-refractivity contribution in [2.45, 2.75) is 52.4 Å². The molecule has 1 aliphatic heterocycles. The molecule has 4 heteroatoms. The fourth-order valence-electron chi connectivity index (χ4n) is 3.80. The number of aliphatic carboxylic acids is 1. The van der Waals surface area contributed by atoms with Gasteiger partial charge >= 0.3 is 5.97 Å². The molecule has 2 fully saturated rings. The summed E-state index contributed by atoms with van der Waals surface area (Å²) in [6.07, 6.45) is 7.42. The molecule has 4 nitrogen and oxygen atoms in total. The minimum absolute atomic E-state index is 0.0397. The van der Waals surface area contributed by atoms with Gasteiger partial charge in [-0.1, -0.05) is 46.0 Å². The topological polar surface area (TPSA) is 57.6 Å². The number of carboxylic acid groups (broad SMARTS) is 1. The van der Waals surface area contributed by atoms with Crippen molar-refractivity contribution in [1.82, 2.24) is 4.90 Å². The Hall–Kier alpha value is -1.06. The van der Waals surface area contributed by atoms with E-state index in [9.17, 15) is 9.59 Å². The van der Waals surface area contributed by atoms with Gasteiger partial charge in [-0.3, -0.25) is 9.59 Å². The number of hydrogen-bond donors (Lipinski definition) is 1. The van der Waals surface area contributed by atoms with Crippen LogP contribution in [-0.2, 0) is 9.59 Å². The lowest BCUT2D eigenvalue weighted by Crippen LogP contribution is -2.35. The lowest BCUT2D eigenvalue weighted by molar-refractivity contribution is -0.142. The zero-order valence-electron chi connectivity index (χ0n) is 12.7. The molecule has 1 saturated heterocycles. The van der Waals surface area contributed by atoms with Crippen LogP contribution in [0.3, 0.4) is 0 Å². The Morgan fingerprint density at radius 3 is 2.40 bits per heavy atom. The molecule has 0 aromatic carbocycles. The monoisotopic (exact) mass is 281 g/mol. The van der Waals surface area contributed by atoms with Crippen molar-refractivity contribution in [1.29, 1.82) is 0 Å². The van der Waals surface area contributed by atoms with Gasteiger partial charge in [0.1, 0.15) is 0 Å². The van der Waals surface area contributed by atoms with Crippen molar-refractivity contribution >= 4 is 11.9 Å². The summed E-state index contributed by atoms with van der Waals surface area (Å²) in [5.74, 6) is -0.200. The number of amides is 1. The highest BCUT2D eigenvalue weighted by atomic mass is 16.4. The van der Waals surface area contributed by atoms with Crippen LogP contribution in [-0.4, -0.2) is 35.0 Å². The molecule has 1 saturated carbocycles. The van der Waals surface area contributed by atoms with Crippen LogP contribution in [0, 0.1) is 23.7 Å². The molecule has 1 N–H and O–H groups in total. The minimum Gasteiger partial charge on any atom is -0.481 e. The maximum absolute atomic E-state index is 12.5. The van der Waals surface area contributed by atoms with Gasteiger partial charge in [0.25, 0.3) is 0 Å². The van der Waals surface area contributed by atoms with Crippen LogP contribution in [0.15, 0.2) is 0 Å². The lowest BCUT2D eigenvalue weighted by Gasteiger charge is -2.26. The van der Waals surface area contributed by atoms with E-state index in [1.807, 2.05) is 13.8 Å². The van der Waals surface area contributed by atoms with E-state index in [0.717, 1.165) is 6.42 Å². The molecule has 2 rings (SSSR count). The van der Waals surface area contributed by atoms with Crippen molar-refractivity contribution in [3.8, 4) is 0 Å². The van der Waals surface area contributed by atoms with E-state index in [1.54, 1.807) is 4.90 Å². The smallest absolute Gasteiger partial charge is 0.308 e. The van der Waals surface area contributed by atoms with Gasteiger partial charge in [0, 0.05) is 19.0 Å². The number of carbonyl (C=O) groups excluding carboxylic acids is 1. The molecule has 0 spiro atoms. The van der Waals surface area contributed by atoms with E-state index < -0.39 is 5.97 Å². The summed E-state index contributed by atoms with van der Waals surface area (Å²) in [5, 5.41) is 9.14. The van der Waals surface area contributed by atoms with E-state index in [0.29, 0.717) is 19.0 Å². The van der Waals surface area contributed by atoms with Crippen LogP contribution in [0.25, 0.3) is 0 Å². The van der Waals surface area contributed by atoms with Gasteiger partial charge in [-0.25, -0.2) is 0 Å². The third-order valence-electron chi connectivity index (χ3n) is 5.07. The van der Waals surface area contributed by atoms with E-state index in [-0.39, 0.29) is 23.7 Å². The summed E-state index contributed by atoms with van der Waals surface area (Å²) >= 11 is 0. The molecule has 3 atom stereocenters. The normalized spacial score (nSPS) is 29.4. The first-order valence-electron chi connectivity index (χ1n) is 8.00. The van der Waals surface area contributed by atoms with Crippen molar-refractivity contribution < 1.29 is 14.7 Å². The Morgan fingerprint density at radius 1 is 1.20 bits per heavy atom. The second-order valence-electron chi connectivity index (χ2n) is 6.81. The Kier molecular flexibility index (Phi) is 5.06. The fraction of sp³-hybridized carbons (Fsp3) is 0.875. The SMILES string of the molecule is CC(CC1CCCCC1)C(=O)N1C[C@@H](C)[C@H](C(=O)O)C1. The Labute approximate surface area is 121 Å². The Morgan fingerprint density at radius 2 is 1.85 bits per heavy atom. The molecular formula is C16H27NO3. The van der Waals surface area contributed by atoms with Gasteiger partial charge in [-0.2, -0.15) is 0 Å². The van der Waals surface area contributed by atoms with E-state index in [1.165, 1.54) is 32.1 Å². The highest BCUT2D eigenvalue weighted by molar-refractivity contribution is 5.80. The summed E-state index contributed by atoms with van der Waals surface area (Å²) in [7, 11) is 0. The standard InChI is InChI=1S/C16H27NO3/c1-11(8-13-6-4-3-5-7-13)15(18)17-9-12(2)14(10-17)16(19)20/h11-14H,3-10H2,1-2H3,(H,19,20)/t11?,12-,14-/m1/s1. The molecule has 1 heterocycles. The molecule has 114 valence electrons. The van der Waals surface area contributed by atoms with Crippen LogP contribution in [0.4, 0.5) is 0 Å². The molecule has 0 radical (unpaired) electrons. The third-order valence-corrected chi connectivity index (χ3v) is 5.07. The molecule has 0 aromatic rings. The van der Waals surface area contributed by atoms with Gasteiger partial charge in [-0.15, -0.1) is 0 Å². The number of rotatable bonds is 4. The highest BCUT2D eigenvalue weighted by Gasteiger charge is 2.38. The zero-order chi connectivity index (χ0) is 14.7. The quantitative estimate of drug-likeness (QED) is 0.862. The predicted octanol–water partition coefficient (Wildman–Crippen LogP) is 2.77. The average Bonchev–Trinajstić information content (AvgIpc) is 2.81. The summed E-state index contributed by atoms with van der Waals surface area (Å²) in [6, 6.07) is 0. The summed E-state index contributed by atoms with van der Waals surface area (Å²) in [5.41, 5.74) is 0. The maximum atomic E-state index is 12.5. The molecule has 2 aliphatic rings. The molecule has 1 unspecified atom stereocenters. The first-order valence-corrected chi connectivity index (χ1v) is 8.00. The summed E-state index contributed by atoms with van der Waals surface area (Å²) in [6.45, 7) is 4.93. The molecule has 0 bridgehead atoms. The van der Waals surface area contributed by atoms with Crippen LogP contribution >= 0.6 is 0 Å². The van der Waals surface area contributed by atoms with Crippen LogP contribution in [0.1, 0.15) is 52.4 Å². The highest BCUT2D eigenvalue weighted by Crippen LogP contribution is 2.31. The number of carbonyl (C=O) groups is 2. The zero-order valence-corrected chi connectivity index (χ0v) is 12.7. The van der Waals surface area contributed by atoms with Gasteiger partial charge in [0.15, 0.2) is 0 Å². The molecule has 0 aromatic heterocycles. The molecule has 1 aliphatic carbocycles. The van der Waals surface area contributed by atoms with Gasteiger partial charge in [0.2, 0.25) is 5.91 Å². The minimum atomic E-state index is -0.771. The van der Waals surface area contributed by atoms with Crippen LogP contribution < -0.4 is 0 Å². The van der Waals surface area contributed by atoms with Gasteiger partial charge in [-0.05, 0) is 18.3 Å². The van der Waals surface area contributed by atoms with Crippen molar-refractivity contribution in [3.05, 3.63) is 0 Å². The molecule has 20 heavy (non-hydrogen) atoms. The van der Waals surface area contributed by atoms with Crippen molar-refractivity contribution in [2.24, 2.45) is 23.7 Å². The first-order chi connectivity index (χ1) is 9.49. The fourth-order valence-corrected chi connectivity index (χ4v) is 3.80. The third kappa shape index (κ3) is 3.53. The summed E-state index contributed by atoms with van der Waals surface area (Å²) in [4.78, 5) is 25.4. The van der Waals surface area contributed by atoms with E-state index in [4.69, 9.17) is 5.11 Å². The van der Waals surface area contributed by atoms with Crippen LogP contribution in [0.2, 0.25) is 0 Å². The second-order valence-corrected chi connectivity index (χ2v) is 6.81. The Balaban J connectivity index is 1.85. The maximum Gasteiger partial charge on any atom is 0.308 e. The first kappa shape index (κ1) is 15.3. The van der Waals surface area contributed by atoms with Crippen molar-refractivity contribution in [3.63, 3.8) is 0 Å². The van der Waals surface area contributed by atoms with E-state index in [2.05, 4.69) is 0 Å². The largest absolute Gasteiger partial charge is 0.481 e. The number of carboxylic acids is 1. The number of nitrogens with zero attached hydrogens (tertiary/aromatic N) is 1.